The highest BCUT2D eigenvalue weighted by atomic mass is 79.9. The van der Waals surface area contributed by atoms with E-state index in [1.165, 1.54) is 12.0 Å². The van der Waals surface area contributed by atoms with Gasteiger partial charge in [0, 0.05) is 35.6 Å². The number of nitrogens with zero attached hydrogens (tertiary/aromatic N) is 3. The molecule has 31 heavy (non-hydrogen) atoms. The number of hydrogen-bond acceptors (Lipinski definition) is 4. The zero-order chi connectivity index (χ0) is 22.2. The number of pyridine rings is 1. The van der Waals surface area contributed by atoms with Gasteiger partial charge >= 0.3 is 0 Å². The zero-order valence-corrected chi connectivity index (χ0v) is 20.2. The van der Waals surface area contributed by atoms with Crippen LogP contribution in [0.4, 0.5) is 0 Å². The summed E-state index contributed by atoms with van der Waals surface area (Å²) in [4.78, 5) is 17.5. The number of fused-ring (bicyclic) bond motifs is 1. The van der Waals surface area contributed by atoms with Crippen LogP contribution in [-0.2, 0) is 23.7 Å². The molecule has 0 aliphatic heterocycles. The quantitative estimate of drug-likeness (QED) is 0.534. The van der Waals surface area contributed by atoms with Crippen LogP contribution in [-0.4, -0.2) is 34.3 Å². The third-order valence-electron chi connectivity index (χ3n) is 6.69. The van der Waals surface area contributed by atoms with Crippen molar-refractivity contribution in [2.24, 2.45) is 7.05 Å². The molecule has 2 aromatic heterocycles. The van der Waals surface area contributed by atoms with Crippen molar-refractivity contribution >= 4 is 32.9 Å². The van der Waals surface area contributed by atoms with Gasteiger partial charge in [0.2, 0.25) is 11.8 Å². The fraction of sp³-hybridized carbons (Fsp3) is 0.458. The van der Waals surface area contributed by atoms with Gasteiger partial charge in [0.15, 0.2) is 5.65 Å². The van der Waals surface area contributed by atoms with Crippen molar-refractivity contribution < 1.29 is 9.53 Å². The first-order chi connectivity index (χ1) is 14.8. The number of aromatic nitrogens is 3. The largest absolute Gasteiger partial charge is 0.479 e. The molecule has 1 N–H and O–H groups in total. The Morgan fingerprint density at radius 1 is 1.32 bits per heavy atom. The van der Waals surface area contributed by atoms with Crippen LogP contribution in [0.15, 0.2) is 28.7 Å². The molecule has 0 bridgehead atoms. The lowest BCUT2D eigenvalue weighted by atomic mass is 9.64. The second kappa shape index (κ2) is 8.61. The molecular formula is C24H29BrN4O2. The van der Waals surface area contributed by atoms with Crippen molar-refractivity contribution in [1.82, 2.24) is 20.1 Å². The van der Waals surface area contributed by atoms with Crippen molar-refractivity contribution in [2.45, 2.75) is 51.4 Å². The number of benzene rings is 1. The minimum Gasteiger partial charge on any atom is -0.479 e. The molecule has 4 rings (SSSR count). The van der Waals surface area contributed by atoms with Gasteiger partial charge in [-0.1, -0.05) is 34.5 Å². The van der Waals surface area contributed by atoms with E-state index in [4.69, 9.17) is 9.72 Å². The van der Waals surface area contributed by atoms with Crippen LogP contribution in [0.3, 0.4) is 0 Å². The van der Waals surface area contributed by atoms with Gasteiger partial charge in [-0.05, 0) is 61.9 Å². The Balaban J connectivity index is 1.45. The first-order valence-corrected chi connectivity index (χ1v) is 11.5. The van der Waals surface area contributed by atoms with Crippen LogP contribution in [0.1, 0.15) is 48.1 Å². The third-order valence-corrected chi connectivity index (χ3v) is 7.18. The topological polar surface area (TPSA) is 69.0 Å². The summed E-state index contributed by atoms with van der Waals surface area (Å²) in [5, 5.41) is 8.53. The van der Waals surface area contributed by atoms with Gasteiger partial charge in [0.25, 0.3) is 0 Å². The van der Waals surface area contributed by atoms with Gasteiger partial charge in [-0.3, -0.25) is 4.79 Å². The lowest BCUT2D eigenvalue weighted by Crippen LogP contribution is -2.45. The number of halogens is 1. The maximum absolute atomic E-state index is 12.7. The molecule has 164 valence electrons. The van der Waals surface area contributed by atoms with Crippen LogP contribution in [0.5, 0.6) is 5.88 Å². The van der Waals surface area contributed by atoms with Gasteiger partial charge in [0.1, 0.15) is 0 Å². The number of carbonyl (C=O) groups excluding carboxylic acids is 1. The summed E-state index contributed by atoms with van der Waals surface area (Å²) >= 11 is 3.57. The number of carbonyl (C=O) groups is 1. The zero-order valence-electron chi connectivity index (χ0n) is 18.6. The molecule has 0 atom stereocenters. The lowest BCUT2D eigenvalue weighted by Gasteiger charge is -2.42. The van der Waals surface area contributed by atoms with E-state index in [1.54, 1.807) is 11.8 Å². The van der Waals surface area contributed by atoms with Crippen molar-refractivity contribution in [1.29, 1.82) is 0 Å². The molecule has 7 heteroatoms. The van der Waals surface area contributed by atoms with Crippen LogP contribution in [0.2, 0.25) is 0 Å². The van der Waals surface area contributed by atoms with Crippen LogP contribution in [0.25, 0.3) is 11.0 Å². The number of methoxy groups -OCH3 is 1. The maximum Gasteiger partial charge on any atom is 0.242 e. The number of aryl methyl sites for hydroxylation is 3. The molecular weight excluding hydrogens is 456 g/mol. The van der Waals surface area contributed by atoms with Gasteiger partial charge in [-0.15, -0.1) is 5.10 Å². The number of hydrogen-bond donors (Lipinski definition) is 1. The smallest absolute Gasteiger partial charge is 0.242 e. The summed E-state index contributed by atoms with van der Waals surface area (Å²) in [5.41, 5.74) is 5.30. The van der Waals surface area contributed by atoms with E-state index >= 15 is 0 Å². The summed E-state index contributed by atoms with van der Waals surface area (Å²) in [6.45, 7) is 4.74. The maximum atomic E-state index is 12.7. The van der Waals surface area contributed by atoms with E-state index < -0.39 is 0 Å². The van der Waals surface area contributed by atoms with Crippen LogP contribution in [0, 0.1) is 13.8 Å². The average Bonchev–Trinajstić information content (AvgIpc) is 3.03. The first-order valence-electron chi connectivity index (χ1n) is 10.7. The van der Waals surface area contributed by atoms with Crippen molar-refractivity contribution in [3.05, 3.63) is 51.1 Å². The molecule has 0 saturated heterocycles. The highest BCUT2D eigenvalue weighted by molar-refractivity contribution is 9.10. The Hall–Kier alpha value is -2.41. The molecule has 1 saturated carbocycles. The Morgan fingerprint density at radius 3 is 2.74 bits per heavy atom. The van der Waals surface area contributed by atoms with Gasteiger partial charge in [-0.2, -0.15) is 0 Å². The predicted octanol–water partition coefficient (Wildman–Crippen LogP) is 4.53. The molecule has 3 aromatic rings. The summed E-state index contributed by atoms with van der Waals surface area (Å²) in [5.74, 6) is 0.660. The Morgan fingerprint density at radius 2 is 2.10 bits per heavy atom. The first kappa shape index (κ1) is 21.8. The summed E-state index contributed by atoms with van der Waals surface area (Å²) in [6.07, 6.45) is 4.52. The minimum atomic E-state index is 0.0643. The predicted molar refractivity (Wildman–Crippen MR) is 126 cm³/mol. The van der Waals surface area contributed by atoms with E-state index in [-0.39, 0.29) is 11.3 Å². The van der Waals surface area contributed by atoms with E-state index in [2.05, 4.69) is 51.5 Å². The highest BCUT2D eigenvalue weighted by Gasteiger charge is 2.38. The molecule has 1 aliphatic carbocycles. The monoisotopic (exact) mass is 484 g/mol. The fourth-order valence-electron chi connectivity index (χ4n) is 4.69. The third kappa shape index (κ3) is 4.07. The number of amides is 1. The van der Waals surface area contributed by atoms with Gasteiger partial charge in [-0.25, -0.2) is 9.67 Å². The standard InChI is InChI=1S/C24H29BrN4O2/c1-15-19(16(2)27-22-21(15)23(31-4)28-29(22)3)9-10-20(30)26-14-24(11-6-12-24)17-7-5-8-18(25)13-17/h5,7-8,13H,6,9-12,14H2,1-4H3,(H,26,30). The van der Waals surface area contributed by atoms with E-state index in [0.717, 1.165) is 45.2 Å². The molecule has 0 spiro atoms. The normalized spacial score (nSPS) is 15.0. The summed E-state index contributed by atoms with van der Waals surface area (Å²) in [7, 11) is 3.49. The molecule has 1 fully saturated rings. The van der Waals surface area contributed by atoms with Gasteiger partial charge < -0.3 is 10.1 Å². The molecule has 2 heterocycles. The molecule has 6 nitrogen and oxygen atoms in total. The Kier molecular flexibility index (Phi) is 6.06. The Bertz CT molecular complexity index is 1130. The van der Waals surface area contributed by atoms with E-state index in [0.29, 0.717) is 25.3 Å². The second-order valence-corrected chi connectivity index (χ2v) is 9.47. The highest BCUT2D eigenvalue weighted by Crippen LogP contribution is 2.43. The second-order valence-electron chi connectivity index (χ2n) is 8.55. The number of rotatable bonds is 7. The van der Waals surface area contributed by atoms with Gasteiger partial charge in [0.05, 0.1) is 12.5 Å². The lowest BCUT2D eigenvalue weighted by molar-refractivity contribution is -0.121. The van der Waals surface area contributed by atoms with Crippen LogP contribution >= 0.6 is 15.9 Å². The molecule has 1 aromatic carbocycles. The number of ether oxygens (including phenoxy) is 1. The number of nitrogens with one attached hydrogen (secondary N) is 1. The minimum absolute atomic E-state index is 0.0643. The fourth-order valence-corrected chi connectivity index (χ4v) is 5.09. The Labute approximate surface area is 191 Å². The summed E-state index contributed by atoms with van der Waals surface area (Å²) < 4.78 is 8.27. The SMILES string of the molecule is COc1nn(C)c2nc(C)c(CCC(=O)NCC3(c4cccc(Br)c4)CCC3)c(C)c12. The molecule has 0 unspecified atom stereocenters. The molecule has 1 aliphatic rings. The van der Waals surface area contributed by atoms with Crippen molar-refractivity contribution in [2.75, 3.05) is 13.7 Å². The molecule has 0 radical (unpaired) electrons. The average molecular weight is 485 g/mol. The van der Waals surface area contributed by atoms with Crippen molar-refractivity contribution in [3.63, 3.8) is 0 Å². The van der Waals surface area contributed by atoms with E-state index in [1.807, 2.05) is 20.0 Å². The van der Waals surface area contributed by atoms with E-state index in [9.17, 15) is 4.79 Å². The van der Waals surface area contributed by atoms with Crippen LogP contribution < -0.4 is 10.1 Å². The molecule has 1 amide bonds. The summed E-state index contributed by atoms with van der Waals surface area (Å²) in [6, 6.07) is 8.47. The van der Waals surface area contributed by atoms with Crippen molar-refractivity contribution in [3.8, 4) is 5.88 Å².